The summed E-state index contributed by atoms with van der Waals surface area (Å²) in [6.45, 7) is 3.39. The molecule has 0 saturated heterocycles. The van der Waals surface area contributed by atoms with Crippen molar-refractivity contribution in [3.8, 4) is 5.88 Å². The number of rotatable bonds is 6. The van der Waals surface area contributed by atoms with Crippen LogP contribution in [0.2, 0.25) is 0 Å². The van der Waals surface area contributed by atoms with Crippen molar-refractivity contribution in [2.45, 2.75) is 13.3 Å². The number of hydrogen-bond acceptors (Lipinski definition) is 5. The molecule has 0 bridgehead atoms. The molecule has 2 aromatic heterocycles. The fraction of sp³-hybridized carbons (Fsp3) is 0.357. The lowest BCUT2D eigenvalue weighted by molar-refractivity contribution is 0.326. The minimum Gasteiger partial charge on any atom is -0.478 e. The minimum absolute atomic E-state index is 0.605. The van der Waals surface area contributed by atoms with E-state index in [1.54, 1.807) is 0 Å². The molecular formula is C14H18N4O. The van der Waals surface area contributed by atoms with Crippen molar-refractivity contribution < 1.29 is 4.74 Å². The van der Waals surface area contributed by atoms with E-state index >= 15 is 0 Å². The molecule has 0 aromatic carbocycles. The van der Waals surface area contributed by atoms with E-state index in [0.717, 1.165) is 24.5 Å². The van der Waals surface area contributed by atoms with Gasteiger partial charge in [-0.2, -0.15) is 0 Å². The summed E-state index contributed by atoms with van der Waals surface area (Å²) in [4.78, 5) is 14.7. The van der Waals surface area contributed by atoms with Gasteiger partial charge in [0.25, 0.3) is 0 Å². The Labute approximate surface area is 113 Å². The molecular weight excluding hydrogens is 240 g/mol. The molecule has 0 aliphatic rings. The first-order valence-corrected chi connectivity index (χ1v) is 6.35. The molecule has 0 spiro atoms. The monoisotopic (exact) mass is 258 g/mol. The molecule has 5 nitrogen and oxygen atoms in total. The number of ether oxygens (including phenoxy) is 1. The van der Waals surface area contributed by atoms with E-state index in [2.05, 4.69) is 19.9 Å². The first-order chi connectivity index (χ1) is 9.29. The number of anilines is 1. The lowest BCUT2D eigenvalue weighted by atomic mass is 10.2. The van der Waals surface area contributed by atoms with Crippen LogP contribution in [0.3, 0.4) is 0 Å². The largest absolute Gasteiger partial charge is 0.478 e. The summed E-state index contributed by atoms with van der Waals surface area (Å²) in [5.41, 5.74) is 1.08. The maximum absolute atomic E-state index is 5.37. The van der Waals surface area contributed by atoms with Crippen LogP contribution in [-0.2, 0) is 6.42 Å². The Kier molecular flexibility index (Phi) is 4.66. The molecule has 0 radical (unpaired) electrons. The summed E-state index contributed by atoms with van der Waals surface area (Å²) in [6, 6.07) is 7.80. The van der Waals surface area contributed by atoms with Crippen LogP contribution >= 0.6 is 0 Å². The second kappa shape index (κ2) is 6.68. The molecule has 0 amide bonds. The van der Waals surface area contributed by atoms with Crippen molar-refractivity contribution in [3.63, 3.8) is 0 Å². The number of nitrogens with zero attached hydrogens (tertiary/aromatic N) is 4. The highest BCUT2D eigenvalue weighted by molar-refractivity contribution is 5.39. The highest BCUT2D eigenvalue weighted by atomic mass is 16.5. The zero-order valence-electron chi connectivity index (χ0n) is 11.3. The molecule has 0 unspecified atom stereocenters. The summed E-state index contributed by atoms with van der Waals surface area (Å²) in [5.74, 6) is 1.46. The highest BCUT2D eigenvalue weighted by Crippen LogP contribution is 2.14. The Morgan fingerprint density at radius 2 is 2.11 bits per heavy atom. The summed E-state index contributed by atoms with van der Waals surface area (Å²) in [6.07, 6.45) is 4.22. The smallest absolute Gasteiger partial charge is 0.218 e. The number of likely N-dealkylation sites (N-methyl/N-ethyl adjacent to an activating group) is 1. The summed E-state index contributed by atoms with van der Waals surface area (Å²) >= 11 is 0. The lowest BCUT2D eigenvalue weighted by Gasteiger charge is -2.18. The van der Waals surface area contributed by atoms with Gasteiger partial charge < -0.3 is 9.64 Å². The predicted octanol–water partition coefficient (Wildman–Crippen LogP) is 1.95. The fourth-order valence-electron chi connectivity index (χ4n) is 1.71. The van der Waals surface area contributed by atoms with Gasteiger partial charge in [-0.15, -0.1) is 0 Å². The molecule has 0 aliphatic carbocycles. The summed E-state index contributed by atoms with van der Waals surface area (Å²) in [5, 5.41) is 0. The average Bonchev–Trinajstić information content (AvgIpc) is 2.46. The van der Waals surface area contributed by atoms with E-state index < -0.39 is 0 Å². The van der Waals surface area contributed by atoms with Gasteiger partial charge in [0, 0.05) is 38.0 Å². The Balaban J connectivity index is 1.95. The molecule has 5 heteroatoms. The Morgan fingerprint density at radius 1 is 1.21 bits per heavy atom. The van der Waals surface area contributed by atoms with E-state index in [9.17, 15) is 0 Å². The van der Waals surface area contributed by atoms with Crippen LogP contribution in [0, 0.1) is 0 Å². The zero-order chi connectivity index (χ0) is 13.5. The summed E-state index contributed by atoms with van der Waals surface area (Å²) < 4.78 is 5.37. The second-order valence-electron chi connectivity index (χ2n) is 4.14. The highest BCUT2D eigenvalue weighted by Gasteiger charge is 2.05. The predicted molar refractivity (Wildman–Crippen MR) is 74.4 cm³/mol. The lowest BCUT2D eigenvalue weighted by Crippen LogP contribution is -2.21. The number of pyridine rings is 1. The van der Waals surface area contributed by atoms with Crippen molar-refractivity contribution >= 4 is 5.82 Å². The van der Waals surface area contributed by atoms with Gasteiger partial charge in [-0.3, -0.25) is 4.98 Å². The van der Waals surface area contributed by atoms with E-state index in [1.165, 1.54) is 6.33 Å². The average molecular weight is 258 g/mol. The normalized spacial score (nSPS) is 10.2. The summed E-state index contributed by atoms with van der Waals surface area (Å²) in [7, 11) is 2.00. The molecule has 2 aromatic rings. The standard InChI is InChI=1S/C14H18N4O/c1-3-19-14-10-13(16-11-17-14)18(2)9-7-12-6-4-5-8-15-12/h4-6,8,10-11H,3,7,9H2,1-2H3. The minimum atomic E-state index is 0.605. The van der Waals surface area contributed by atoms with Crippen LogP contribution in [0.4, 0.5) is 5.82 Å². The van der Waals surface area contributed by atoms with Crippen LogP contribution < -0.4 is 9.64 Å². The third-order valence-electron chi connectivity index (χ3n) is 2.74. The van der Waals surface area contributed by atoms with Gasteiger partial charge in [0.2, 0.25) is 5.88 Å². The quantitative estimate of drug-likeness (QED) is 0.792. The third-order valence-corrected chi connectivity index (χ3v) is 2.74. The van der Waals surface area contributed by atoms with Crippen LogP contribution in [0.15, 0.2) is 36.8 Å². The van der Waals surface area contributed by atoms with Crippen LogP contribution in [0.1, 0.15) is 12.6 Å². The second-order valence-corrected chi connectivity index (χ2v) is 4.14. The molecule has 0 fully saturated rings. The topological polar surface area (TPSA) is 51.1 Å². The van der Waals surface area contributed by atoms with Gasteiger partial charge in [0.1, 0.15) is 12.1 Å². The Morgan fingerprint density at radius 3 is 2.84 bits per heavy atom. The molecule has 0 atom stereocenters. The molecule has 0 aliphatic heterocycles. The number of hydrogen-bond donors (Lipinski definition) is 0. The van der Waals surface area contributed by atoms with E-state index in [1.807, 2.05) is 44.4 Å². The van der Waals surface area contributed by atoms with Crippen molar-refractivity contribution in [1.29, 1.82) is 0 Å². The Bertz CT molecular complexity index is 504. The van der Waals surface area contributed by atoms with Gasteiger partial charge in [-0.25, -0.2) is 9.97 Å². The first kappa shape index (κ1) is 13.3. The van der Waals surface area contributed by atoms with Gasteiger partial charge in [-0.1, -0.05) is 6.07 Å². The molecule has 2 rings (SSSR count). The van der Waals surface area contributed by atoms with Crippen LogP contribution in [-0.4, -0.2) is 35.2 Å². The SMILES string of the molecule is CCOc1cc(N(C)CCc2ccccn2)ncn1. The van der Waals surface area contributed by atoms with Gasteiger partial charge in [-0.05, 0) is 19.1 Å². The maximum atomic E-state index is 5.37. The third kappa shape index (κ3) is 3.91. The number of aromatic nitrogens is 3. The van der Waals surface area contributed by atoms with E-state index in [-0.39, 0.29) is 0 Å². The maximum Gasteiger partial charge on any atom is 0.218 e. The first-order valence-electron chi connectivity index (χ1n) is 6.35. The van der Waals surface area contributed by atoms with Gasteiger partial charge >= 0.3 is 0 Å². The van der Waals surface area contributed by atoms with E-state index in [4.69, 9.17) is 4.74 Å². The zero-order valence-corrected chi connectivity index (χ0v) is 11.3. The van der Waals surface area contributed by atoms with Crippen molar-refractivity contribution in [1.82, 2.24) is 15.0 Å². The van der Waals surface area contributed by atoms with Gasteiger partial charge in [0.05, 0.1) is 6.61 Å². The van der Waals surface area contributed by atoms with Crippen LogP contribution in [0.25, 0.3) is 0 Å². The van der Waals surface area contributed by atoms with Crippen molar-refractivity contribution in [2.75, 3.05) is 25.1 Å². The molecule has 2 heterocycles. The molecule has 100 valence electrons. The van der Waals surface area contributed by atoms with Crippen molar-refractivity contribution in [2.24, 2.45) is 0 Å². The molecule has 0 saturated carbocycles. The molecule has 19 heavy (non-hydrogen) atoms. The van der Waals surface area contributed by atoms with E-state index in [0.29, 0.717) is 12.5 Å². The fourth-order valence-corrected chi connectivity index (χ4v) is 1.71. The Hall–Kier alpha value is -2.17. The van der Waals surface area contributed by atoms with Crippen molar-refractivity contribution in [3.05, 3.63) is 42.5 Å². The van der Waals surface area contributed by atoms with Crippen LogP contribution in [0.5, 0.6) is 5.88 Å². The van der Waals surface area contributed by atoms with Gasteiger partial charge in [0.15, 0.2) is 0 Å². The molecule has 0 N–H and O–H groups in total.